The van der Waals surface area contributed by atoms with Crippen molar-refractivity contribution in [1.29, 1.82) is 0 Å². The van der Waals surface area contributed by atoms with E-state index < -0.39 is 12.3 Å². The lowest BCUT2D eigenvalue weighted by Gasteiger charge is -2.12. The average molecular weight is 473 g/mol. The van der Waals surface area contributed by atoms with Gasteiger partial charge in [-0.1, -0.05) is 41.9 Å². The van der Waals surface area contributed by atoms with Crippen LogP contribution < -0.4 is 15.6 Å². The van der Waals surface area contributed by atoms with Crippen molar-refractivity contribution in [3.05, 3.63) is 105 Å². The Morgan fingerprint density at radius 2 is 1.67 bits per heavy atom. The van der Waals surface area contributed by atoms with Crippen LogP contribution in [0.4, 0.5) is 18.9 Å². The SMILES string of the molecule is O=C(Nc1cccc2c(=O)n(Cc3ccc(OC(F)(F)F)cc3)ccc12)c1ccccc1Cl. The summed E-state index contributed by atoms with van der Waals surface area (Å²) in [4.78, 5) is 25.6. The Hall–Kier alpha value is -3.78. The zero-order valence-corrected chi connectivity index (χ0v) is 17.7. The van der Waals surface area contributed by atoms with Crippen LogP contribution in [0.15, 0.2) is 83.8 Å². The maximum Gasteiger partial charge on any atom is 0.573 e. The van der Waals surface area contributed by atoms with E-state index in [2.05, 4.69) is 10.1 Å². The number of carbonyl (C=O) groups excluding carboxylic acids is 1. The molecule has 1 N–H and O–H groups in total. The van der Waals surface area contributed by atoms with E-state index >= 15 is 0 Å². The van der Waals surface area contributed by atoms with E-state index in [0.717, 1.165) is 0 Å². The normalized spacial score (nSPS) is 11.4. The second-order valence-corrected chi connectivity index (χ2v) is 7.55. The van der Waals surface area contributed by atoms with Crippen LogP contribution in [0, 0.1) is 0 Å². The molecule has 0 bridgehead atoms. The van der Waals surface area contributed by atoms with Crippen LogP contribution in [0.25, 0.3) is 10.8 Å². The van der Waals surface area contributed by atoms with Crippen molar-refractivity contribution in [2.75, 3.05) is 5.32 Å². The van der Waals surface area contributed by atoms with Gasteiger partial charge in [-0.2, -0.15) is 0 Å². The number of carbonyl (C=O) groups is 1. The Labute approximate surface area is 191 Å². The van der Waals surface area contributed by atoms with E-state index in [0.29, 0.717) is 32.6 Å². The second kappa shape index (κ2) is 8.99. The molecule has 1 aromatic heterocycles. The molecule has 0 aliphatic heterocycles. The summed E-state index contributed by atoms with van der Waals surface area (Å²) in [6, 6.07) is 18.6. The number of aromatic nitrogens is 1. The number of pyridine rings is 1. The van der Waals surface area contributed by atoms with Crippen LogP contribution in [0.1, 0.15) is 15.9 Å². The number of halogens is 4. The highest BCUT2D eigenvalue weighted by atomic mass is 35.5. The summed E-state index contributed by atoms with van der Waals surface area (Å²) in [6.07, 6.45) is -3.20. The molecule has 0 unspecified atom stereocenters. The van der Waals surface area contributed by atoms with Gasteiger partial charge >= 0.3 is 6.36 Å². The first kappa shape index (κ1) is 22.4. The van der Waals surface area contributed by atoms with Crippen LogP contribution in [0.2, 0.25) is 5.02 Å². The molecule has 0 spiro atoms. The number of fused-ring (bicyclic) bond motifs is 1. The van der Waals surface area contributed by atoms with Crippen LogP contribution in [0.3, 0.4) is 0 Å². The first-order valence-corrected chi connectivity index (χ1v) is 10.1. The zero-order valence-electron chi connectivity index (χ0n) is 16.9. The second-order valence-electron chi connectivity index (χ2n) is 7.14. The summed E-state index contributed by atoms with van der Waals surface area (Å²) in [7, 11) is 0. The molecule has 5 nitrogen and oxygen atoms in total. The third-order valence-corrected chi connectivity index (χ3v) is 5.22. The molecule has 4 rings (SSSR count). The number of hydrogen-bond donors (Lipinski definition) is 1. The standard InChI is InChI=1S/C24H16ClF3N2O3/c25-20-6-2-1-4-19(20)22(31)29-21-7-3-5-18-17(21)12-13-30(23(18)32)14-15-8-10-16(11-9-15)33-24(26,27)28/h1-13H,14H2,(H,29,31). The van der Waals surface area contributed by atoms with Gasteiger partial charge < -0.3 is 14.6 Å². The largest absolute Gasteiger partial charge is 0.573 e. The van der Waals surface area contributed by atoms with E-state index in [-0.39, 0.29) is 17.9 Å². The van der Waals surface area contributed by atoms with E-state index in [4.69, 9.17) is 11.6 Å². The van der Waals surface area contributed by atoms with Crippen molar-refractivity contribution in [2.45, 2.75) is 12.9 Å². The van der Waals surface area contributed by atoms with Gasteiger partial charge in [-0.25, -0.2) is 0 Å². The lowest BCUT2D eigenvalue weighted by Crippen LogP contribution is -2.21. The van der Waals surface area contributed by atoms with E-state index in [1.807, 2.05) is 0 Å². The minimum Gasteiger partial charge on any atom is -0.406 e. The van der Waals surface area contributed by atoms with Gasteiger partial charge in [0.25, 0.3) is 11.5 Å². The fourth-order valence-electron chi connectivity index (χ4n) is 3.38. The minimum absolute atomic E-state index is 0.150. The van der Waals surface area contributed by atoms with Crippen molar-refractivity contribution in [3.63, 3.8) is 0 Å². The molecule has 9 heteroatoms. The van der Waals surface area contributed by atoms with Gasteiger partial charge in [-0.15, -0.1) is 13.2 Å². The minimum atomic E-state index is -4.77. The molecule has 168 valence electrons. The highest BCUT2D eigenvalue weighted by Gasteiger charge is 2.30. The number of anilines is 1. The monoisotopic (exact) mass is 472 g/mol. The van der Waals surface area contributed by atoms with Gasteiger partial charge in [0, 0.05) is 22.7 Å². The van der Waals surface area contributed by atoms with Crippen LogP contribution in [0.5, 0.6) is 5.75 Å². The van der Waals surface area contributed by atoms with E-state index in [1.165, 1.54) is 28.8 Å². The number of hydrogen-bond acceptors (Lipinski definition) is 3. The lowest BCUT2D eigenvalue weighted by molar-refractivity contribution is -0.274. The lowest BCUT2D eigenvalue weighted by atomic mass is 10.1. The molecule has 4 aromatic rings. The Morgan fingerprint density at radius 3 is 2.36 bits per heavy atom. The molecule has 33 heavy (non-hydrogen) atoms. The number of alkyl halides is 3. The third-order valence-electron chi connectivity index (χ3n) is 4.90. The van der Waals surface area contributed by atoms with E-state index in [1.54, 1.807) is 54.7 Å². The Morgan fingerprint density at radius 1 is 0.939 bits per heavy atom. The third kappa shape index (κ3) is 5.18. The maximum atomic E-state index is 13.0. The summed E-state index contributed by atoms with van der Waals surface area (Å²) in [5, 5.41) is 4.03. The fraction of sp³-hybridized carbons (Fsp3) is 0.0833. The Balaban J connectivity index is 1.59. The number of nitrogens with zero attached hydrogens (tertiary/aromatic N) is 1. The summed E-state index contributed by atoms with van der Waals surface area (Å²) >= 11 is 6.09. The van der Waals surface area contributed by atoms with Crippen molar-refractivity contribution in [2.24, 2.45) is 0 Å². The number of ether oxygens (including phenoxy) is 1. The van der Waals surface area contributed by atoms with Gasteiger partial charge in [0.2, 0.25) is 0 Å². The topological polar surface area (TPSA) is 60.3 Å². The molecule has 0 radical (unpaired) electrons. The van der Waals surface area contributed by atoms with Crippen LogP contribution >= 0.6 is 11.6 Å². The predicted octanol–water partition coefficient (Wildman–Crippen LogP) is 5.85. The van der Waals surface area contributed by atoms with Crippen molar-refractivity contribution in [3.8, 4) is 5.75 Å². The average Bonchev–Trinajstić information content (AvgIpc) is 2.76. The van der Waals surface area contributed by atoms with Gasteiger partial charge in [-0.05, 0) is 48.0 Å². The number of rotatable bonds is 5. The molecule has 0 fully saturated rings. The first-order chi connectivity index (χ1) is 15.7. The fourth-order valence-corrected chi connectivity index (χ4v) is 3.60. The summed E-state index contributed by atoms with van der Waals surface area (Å²) in [6.45, 7) is 0.150. The van der Waals surface area contributed by atoms with Crippen molar-refractivity contribution >= 4 is 34.0 Å². The molecule has 3 aromatic carbocycles. The summed E-state index contributed by atoms with van der Waals surface area (Å²) < 4.78 is 42.2. The highest BCUT2D eigenvalue weighted by Crippen LogP contribution is 2.25. The molecule has 0 saturated heterocycles. The van der Waals surface area contributed by atoms with Gasteiger partial charge in [0.05, 0.1) is 17.1 Å². The molecule has 0 saturated carbocycles. The molecule has 1 heterocycles. The number of nitrogens with one attached hydrogen (secondary N) is 1. The summed E-state index contributed by atoms with van der Waals surface area (Å²) in [5.74, 6) is -0.741. The quantitative estimate of drug-likeness (QED) is 0.396. The smallest absolute Gasteiger partial charge is 0.406 e. The van der Waals surface area contributed by atoms with Crippen LogP contribution in [-0.2, 0) is 6.54 Å². The highest BCUT2D eigenvalue weighted by molar-refractivity contribution is 6.34. The molecule has 0 aliphatic rings. The molecular weight excluding hydrogens is 457 g/mol. The first-order valence-electron chi connectivity index (χ1n) is 9.74. The molecular formula is C24H16ClF3N2O3. The summed E-state index contributed by atoms with van der Waals surface area (Å²) in [5.41, 5.74) is 1.07. The van der Waals surface area contributed by atoms with Gasteiger partial charge in [0.1, 0.15) is 5.75 Å². The van der Waals surface area contributed by atoms with E-state index in [9.17, 15) is 22.8 Å². The van der Waals surface area contributed by atoms with Gasteiger partial charge in [-0.3, -0.25) is 9.59 Å². The Kier molecular flexibility index (Phi) is 6.11. The van der Waals surface area contributed by atoms with Crippen LogP contribution in [-0.4, -0.2) is 16.8 Å². The molecule has 0 aliphatic carbocycles. The number of amides is 1. The van der Waals surface area contributed by atoms with Crippen molar-refractivity contribution in [1.82, 2.24) is 4.57 Å². The molecule has 1 amide bonds. The Bertz CT molecular complexity index is 1380. The van der Waals surface area contributed by atoms with Gasteiger partial charge in [0.15, 0.2) is 0 Å². The number of benzene rings is 3. The maximum absolute atomic E-state index is 13.0. The van der Waals surface area contributed by atoms with Crippen molar-refractivity contribution < 1.29 is 22.7 Å². The molecule has 0 atom stereocenters. The predicted molar refractivity (Wildman–Crippen MR) is 120 cm³/mol. The zero-order chi connectivity index (χ0) is 23.6.